The van der Waals surface area contributed by atoms with Gasteiger partial charge in [0.05, 0.1) is 16.9 Å². The first kappa shape index (κ1) is 34.4. The van der Waals surface area contributed by atoms with E-state index in [2.05, 4.69) is 20.9 Å². The second-order valence-electron chi connectivity index (χ2n) is 11.6. The van der Waals surface area contributed by atoms with Crippen molar-refractivity contribution in [3.05, 3.63) is 98.4 Å². The minimum atomic E-state index is -0.692. The number of nitro benzene ring substituents is 1. The van der Waals surface area contributed by atoms with E-state index >= 15 is 0 Å². The molecule has 2 heterocycles. The lowest BCUT2D eigenvalue weighted by atomic mass is 9.72. The van der Waals surface area contributed by atoms with Crippen molar-refractivity contribution in [1.29, 1.82) is 0 Å². The van der Waals surface area contributed by atoms with Crippen LogP contribution in [-0.4, -0.2) is 67.4 Å². The van der Waals surface area contributed by atoms with Crippen molar-refractivity contribution in [2.24, 2.45) is 0 Å². The van der Waals surface area contributed by atoms with Crippen molar-refractivity contribution in [3.8, 4) is 0 Å². The number of ether oxygens (including phenoxy) is 1. The number of amides is 2. The van der Waals surface area contributed by atoms with Crippen LogP contribution in [0.4, 0.5) is 5.69 Å². The van der Waals surface area contributed by atoms with E-state index in [1.54, 1.807) is 19.2 Å². The van der Waals surface area contributed by atoms with Crippen LogP contribution in [0.2, 0.25) is 0 Å². The second-order valence-corrected chi connectivity index (χ2v) is 11.6. The quantitative estimate of drug-likeness (QED) is 0.127. The van der Waals surface area contributed by atoms with Gasteiger partial charge in [-0.1, -0.05) is 56.3 Å². The third kappa shape index (κ3) is 7.31. The molecule has 2 amide bonds. The van der Waals surface area contributed by atoms with Gasteiger partial charge in [0.2, 0.25) is 11.8 Å². The molecule has 4 rings (SSSR count). The number of esters is 1. The Morgan fingerprint density at radius 2 is 1.57 bits per heavy atom. The average molecular weight is 632 g/mol. The average Bonchev–Trinajstić information content (AvgIpc) is 3.09. The van der Waals surface area contributed by atoms with Crippen LogP contribution >= 0.6 is 0 Å². The number of allylic oxidation sites excluding steroid dienone is 2. The van der Waals surface area contributed by atoms with Crippen LogP contribution in [0.5, 0.6) is 0 Å². The molecule has 0 saturated carbocycles. The van der Waals surface area contributed by atoms with Crippen molar-refractivity contribution >= 4 is 23.5 Å². The van der Waals surface area contributed by atoms with E-state index in [0.717, 1.165) is 36.6 Å². The van der Waals surface area contributed by atoms with Gasteiger partial charge in [-0.15, -0.1) is 0 Å². The van der Waals surface area contributed by atoms with Crippen LogP contribution in [-0.2, 0) is 24.5 Å². The molecule has 2 aliphatic rings. The van der Waals surface area contributed by atoms with Gasteiger partial charge in [0.25, 0.3) is 5.69 Å². The zero-order valence-corrected chi connectivity index (χ0v) is 27.2. The summed E-state index contributed by atoms with van der Waals surface area (Å²) in [5.41, 5.74) is 3.20. The Hall–Kier alpha value is -4.51. The first-order valence-corrected chi connectivity index (χ1v) is 16.1. The zero-order chi connectivity index (χ0) is 33.3. The molecule has 1 unspecified atom stereocenters. The van der Waals surface area contributed by atoms with Crippen LogP contribution < -0.4 is 16.0 Å². The maximum Gasteiger partial charge on any atom is 0.316 e. The molecule has 0 aliphatic carbocycles. The largest absolute Gasteiger partial charge is 0.465 e. The number of dihydropyridines is 1. The van der Waals surface area contributed by atoms with Gasteiger partial charge >= 0.3 is 5.97 Å². The molecule has 0 radical (unpaired) electrons. The molecule has 2 aromatic rings. The Morgan fingerprint density at radius 1 is 0.957 bits per heavy atom. The van der Waals surface area contributed by atoms with Gasteiger partial charge in [-0.25, -0.2) is 0 Å². The zero-order valence-electron chi connectivity index (χ0n) is 27.2. The Balaban J connectivity index is 1.46. The number of piperidine rings is 1. The Bertz CT molecular complexity index is 1480. The van der Waals surface area contributed by atoms with Gasteiger partial charge < -0.3 is 25.6 Å². The molecule has 2 aliphatic heterocycles. The van der Waals surface area contributed by atoms with Crippen molar-refractivity contribution in [1.82, 2.24) is 20.9 Å². The van der Waals surface area contributed by atoms with Gasteiger partial charge in [0.15, 0.2) is 0 Å². The Labute approximate surface area is 270 Å². The Morgan fingerprint density at radius 3 is 2.11 bits per heavy atom. The molecule has 11 nitrogen and oxygen atoms in total. The Kier molecular flexibility index (Phi) is 11.7. The predicted molar refractivity (Wildman–Crippen MR) is 176 cm³/mol. The summed E-state index contributed by atoms with van der Waals surface area (Å²) in [7, 11) is 1.55. The van der Waals surface area contributed by atoms with E-state index in [1.165, 1.54) is 12.1 Å². The molecule has 2 aromatic carbocycles. The van der Waals surface area contributed by atoms with Crippen molar-refractivity contribution in [2.45, 2.75) is 64.2 Å². The lowest BCUT2D eigenvalue weighted by molar-refractivity contribution is -0.384. The summed E-state index contributed by atoms with van der Waals surface area (Å²) in [4.78, 5) is 53.3. The third-order valence-electron chi connectivity index (χ3n) is 9.03. The number of nitro groups is 1. The number of likely N-dealkylation sites (N-methyl/N-ethyl adjacent to an activating group) is 1. The minimum absolute atomic E-state index is 0.0643. The van der Waals surface area contributed by atoms with Crippen LogP contribution in [0.3, 0.4) is 0 Å². The second kappa shape index (κ2) is 15.7. The highest BCUT2D eigenvalue weighted by molar-refractivity contribution is 6.03. The number of hydrogen-bond acceptors (Lipinski definition) is 8. The molecule has 246 valence electrons. The van der Waals surface area contributed by atoms with E-state index in [-0.39, 0.29) is 23.5 Å². The molecule has 0 aromatic heterocycles. The summed E-state index contributed by atoms with van der Waals surface area (Å²) in [6.07, 6.45) is 3.10. The van der Waals surface area contributed by atoms with E-state index < -0.39 is 16.3 Å². The van der Waals surface area contributed by atoms with Crippen LogP contribution in [0.25, 0.3) is 0 Å². The van der Waals surface area contributed by atoms with Crippen LogP contribution in [0.15, 0.2) is 77.1 Å². The fraction of sp³-hybridized carbons (Fsp3) is 0.457. The van der Waals surface area contributed by atoms with Crippen LogP contribution in [0, 0.1) is 10.1 Å². The van der Waals surface area contributed by atoms with Crippen molar-refractivity contribution in [3.63, 3.8) is 0 Å². The summed E-state index contributed by atoms with van der Waals surface area (Å²) in [6, 6.07) is 15.9. The minimum Gasteiger partial charge on any atom is -0.465 e. The van der Waals surface area contributed by atoms with Crippen molar-refractivity contribution < 1.29 is 24.0 Å². The molecule has 0 spiro atoms. The fourth-order valence-electron chi connectivity index (χ4n) is 6.56. The summed E-state index contributed by atoms with van der Waals surface area (Å²) in [5.74, 6) is -1.46. The van der Waals surface area contributed by atoms with E-state index in [9.17, 15) is 24.5 Å². The maximum absolute atomic E-state index is 13.9. The molecule has 1 saturated heterocycles. The molecular weight excluding hydrogens is 586 g/mol. The summed E-state index contributed by atoms with van der Waals surface area (Å²) in [6.45, 7) is 8.70. The number of nitrogens with zero attached hydrogens (tertiary/aromatic N) is 2. The van der Waals surface area contributed by atoms with E-state index in [0.29, 0.717) is 62.0 Å². The number of non-ortho nitro benzene ring substituents is 1. The first-order valence-electron chi connectivity index (χ1n) is 16.1. The normalized spacial score (nSPS) is 18.0. The highest BCUT2D eigenvalue weighted by Crippen LogP contribution is 2.40. The van der Waals surface area contributed by atoms with Gasteiger partial charge in [-0.2, -0.15) is 0 Å². The summed E-state index contributed by atoms with van der Waals surface area (Å²) in [5, 5.41) is 20.4. The number of likely N-dealkylation sites (tertiary alicyclic amines) is 1. The van der Waals surface area contributed by atoms with Gasteiger partial charge in [0, 0.05) is 54.2 Å². The topological polar surface area (TPSA) is 143 Å². The number of carbonyl (C=O) groups excluding carboxylic acids is 3. The van der Waals surface area contributed by atoms with Crippen LogP contribution in [0.1, 0.15) is 69.9 Å². The lowest BCUT2D eigenvalue weighted by Gasteiger charge is -2.40. The number of hydrogen-bond donors (Lipinski definition) is 3. The number of benzene rings is 2. The SMILES string of the molecule is CCOC(=O)C1(c2ccccc2)CCN(CCCNC(=O)C2=C(CC)NC(CC)=C(C(=O)NC)C2c2ccc([N+](=O)[O-])cc2)CC1. The summed E-state index contributed by atoms with van der Waals surface area (Å²) < 4.78 is 5.50. The molecule has 46 heavy (non-hydrogen) atoms. The highest BCUT2D eigenvalue weighted by atomic mass is 16.6. The molecule has 1 atom stereocenters. The lowest BCUT2D eigenvalue weighted by Crippen LogP contribution is -2.48. The number of nitrogens with one attached hydrogen (secondary N) is 3. The van der Waals surface area contributed by atoms with E-state index in [1.807, 2.05) is 51.1 Å². The highest BCUT2D eigenvalue weighted by Gasteiger charge is 2.44. The molecular formula is C35H45N5O6. The maximum atomic E-state index is 13.9. The molecule has 11 heteroatoms. The predicted octanol–water partition coefficient (Wildman–Crippen LogP) is 4.46. The molecule has 3 N–H and O–H groups in total. The fourth-order valence-corrected chi connectivity index (χ4v) is 6.56. The first-order chi connectivity index (χ1) is 22.2. The van der Waals surface area contributed by atoms with Gasteiger partial charge in [-0.05, 0) is 69.8 Å². The van der Waals surface area contributed by atoms with Gasteiger partial charge in [-0.3, -0.25) is 24.5 Å². The number of rotatable bonds is 13. The van der Waals surface area contributed by atoms with Gasteiger partial charge in [0.1, 0.15) is 0 Å². The smallest absolute Gasteiger partial charge is 0.316 e. The van der Waals surface area contributed by atoms with E-state index in [4.69, 9.17) is 4.74 Å². The molecule has 1 fully saturated rings. The van der Waals surface area contributed by atoms with Crippen molar-refractivity contribution in [2.75, 3.05) is 39.8 Å². The third-order valence-corrected chi connectivity index (χ3v) is 9.03. The standard InChI is InChI=1S/C35H45N5O6/c1-5-27-30(32(41)36-4)29(24-14-16-26(17-15-24)40(44)45)31(28(6-2)38-27)33(42)37-20-11-21-39-22-18-35(19-23-39,34(43)46-7-3)25-12-9-8-10-13-25/h8-10,12-17,29,38H,5-7,11,18-23H2,1-4H3,(H,36,41)(H,37,42). The number of carbonyl (C=O) groups is 3. The summed E-state index contributed by atoms with van der Waals surface area (Å²) >= 11 is 0. The monoisotopic (exact) mass is 631 g/mol. The molecule has 0 bridgehead atoms.